The first-order chi connectivity index (χ1) is 16.6. The molecule has 34 heavy (non-hydrogen) atoms. The Labute approximate surface area is 201 Å². The van der Waals surface area contributed by atoms with Gasteiger partial charge in [0, 0.05) is 31.9 Å². The van der Waals surface area contributed by atoms with Crippen LogP contribution in [0.3, 0.4) is 0 Å². The number of rotatable bonds is 4. The van der Waals surface area contributed by atoms with Gasteiger partial charge < -0.3 is 30.2 Å². The predicted molar refractivity (Wildman–Crippen MR) is 139 cm³/mol. The molecule has 0 bridgehead atoms. The summed E-state index contributed by atoms with van der Waals surface area (Å²) in [4.78, 5) is 29.2. The lowest BCUT2D eigenvalue weighted by Gasteiger charge is -2.34. The highest BCUT2D eigenvalue weighted by Crippen LogP contribution is 2.36. The van der Waals surface area contributed by atoms with Crippen LogP contribution in [-0.2, 0) is 0 Å². The van der Waals surface area contributed by atoms with Gasteiger partial charge in [-0.1, -0.05) is 12.8 Å². The fraction of sp³-hybridized carbons (Fsp3) is 0.440. The van der Waals surface area contributed by atoms with Crippen LogP contribution >= 0.6 is 11.3 Å². The minimum Gasteiger partial charge on any atom is -0.391 e. The highest BCUT2D eigenvalue weighted by Gasteiger charge is 2.27. The number of benzene rings is 1. The van der Waals surface area contributed by atoms with E-state index in [9.17, 15) is 9.90 Å². The molecule has 1 aliphatic heterocycles. The molecule has 0 radical (unpaired) electrons. The highest BCUT2D eigenvalue weighted by molar-refractivity contribution is 7.17. The first kappa shape index (κ1) is 21.6. The molecule has 9 heteroatoms. The topological polar surface area (TPSA) is 100 Å². The number of aliphatic hydroxyl groups is 1. The number of aromatic nitrogens is 3. The average Bonchev–Trinajstić information content (AvgIpc) is 3.47. The van der Waals surface area contributed by atoms with Crippen LogP contribution in [0, 0.1) is 0 Å². The van der Waals surface area contributed by atoms with Gasteiger partial charge in [0.05, 0.1) is 39.1 Å². The molecule has 1 aliphatic carbocycles. The van der Waals surface area contributed by atoms with Gasteiger partial charge in [-0.15, -0.1) is 11.3 Å². The molecule has 2 aliphatic rings. The lowest BCUT2D eigenvalue weighted by atomic mass is 9.92. The number of fused-ring (bicyclic) bond motifs is 2. The normalized spacial score (nSPS) is 22.0. The summed E-state index contributed by atoms with van der Waals surface area (Å²) in [5, 5.41) is 16.1. The van der Waals surface area contributed by atoms with Gasteiger partial charge in [0.25, 0.3) is 5.56 Å². The van der Waals surface area contributed by atoms with Crippen LogP contribution in [0.25, 0.3) is 32.6 Å². The molecule has 3 aromatic heterocycles. The summed E-state index contributed by atoms with van der Waals surface area (Å²) < 4.78 is 0.978. The molecule has 1 saturated heterocycles. The van der Waals surface area contributed by atoms with E-state index in [1.165, 1.54) is 5.69 Å². The second kappa shape index (κ2) is 8.72. The Morgan fingerprint density at radius 3 is 2.74 bits per heavy atom. The number of thiophene rings is 1. The smallest absolute Gasteiger partial charge is 0.261 e. The largest absolute Gasteiger partial charge is 0.391 e. The van der Waals surface area contributed by atoms with E-state index in [0.29, 0.717) is 11.4 Å². The molecule has 178 valence electrons. The maximum atomic E-state index is 13.3. The van der Waals surface area contributed by atoms with E-state index in [1.54, 1.807) is 11.3 Å². The Kier molecular flexibility index (Phi) is 5.55. The van der Waals surface area contributed by atoms with Crippen molar-refractivity contribution in [2.75, 3.05) is 43.4 Å². The molecule has 2 atom stereocenters. The van der Waals surface area contributed by atoms with E-state index in [2.05, 4.69) is 44.3 Å². The molecule has 1 saturated carbocycles. The Bertz CT molecular complexity index is 1380. The first-order valence-electron chi connectivity index (χ1n) is 12.1. The van der Waals surface area contributed by atoms with Crippen LogP contribution < -0.4 is 15.8 Å². The van der Waals surface area contributed by atoms with Crippen LogP contribution in [0.1, 0.15) is 25.7 Å². The minimum atomic E-state index is -0.419. The summed E-state index contributed by atoms with van der Waals surface area (Å²) in [7, 11) is 2.15. The molecule has 0 spiro atoms. The Hall–Kier alpha value is -2.88. The van der Waals surface area contributed by atoms with E-state index in [-0.39, 0.29) is 11.6 Å². The Balaban J connectivity index is 1.42. The van der Waals surface area contributed by atoms with Crippen molar-refractivity contribution in [3.63, 3.8) is 0 Å². The zero-order valence-corrected chi connectivity index (χ0v) is 20.1. The van der Waals surface area contributed by atoms with E-state index in [0.717, 1.165) is 78.8 Å². The number of aliphatic hydroxyl groups excluding tert-OH is 1. The number of H-pyrrole nitrogens is 2. The van der Waals surface area contributed by atoms with Crippen LogP contribution in [-0.4, -0.2) is 70.3 Å². The van der Waals surface area contributed by atoms with Crippen LogP contribution in [0.4, 0.5) is 11.4 Å². The van der Waals surface area contributed by atoms with Crippen molar-refractivity contribution < 1.29 is 5.11 Å². The lowest BCUT2D eigenvalue weighted by molar-refractivity contribution is 0.116. The van der Waals surface area contributed by atoms with Gasteiger partial charge in [-0.05, 0) is 49.5 Å². The molecule has 0 amide bonds. The van der Waals surface area contributed by atoms with Gasteiger partial charge in [0.1, 0.15) is 11.4 Å². The summed E-state index contributed by atoms with van der Waals surface area (Å²) in [6, 6.07) is 8.12. The number of hydrogen-bond donors (Lipinski definition) is 4. The zero-order valence-electron chi connectivity index (χ0n) is 19.3. The molecule has 6 rings (SSSR count). The van der Waals surface area contributed by atoms with Gasteiger partial charge in [0.2, 0.25) is 0 Å². The first-order valence-corrected chi connectivity index (χ1v) is 13.0. The van der Waals surface area contributed by atoms with E-state index < -0.39 is 6.10 Å². The SMILES string of the molecule is CN1CCN(c2ccc3nc(-c4c(N[C@H]5CCCC[C@H]5O)c5sccc5[nH]c4=O)[nH]c3c2)CC1. The Morgan fingerprint density at radius 2 is 1.91 bits per heavy atom. The van der Waals surface area contributed by atoms with Crippen LogP contribution in [0.2, 0.25) is 0 Å². The second-order valence-corrected chi connectivity index (χ2v) is 10.5. The van der Waals surface area contributed by atoms with Gasteiger partial charge >= 0.3 is 0 Å². The number of imidazole rings is 1. The van der Waals surface area contributed by atoms with Crippen LogP contribution in [0.15, 0.2) is 34.4 Å². The number of hydrogen-bond acceptors (Lipinski definition) is 7. The number of aromatic amines is 2. The Morgan fingerprint density at radius 1 is 1.09 bits per heavy atom. The molecule has 4 heterocycles. The summed E-state index contributed by atoms with van der Waals surface area (Å²) >= 11 is 1.58. The molecular formula is C25H30N6O2S. The van der Waals surface area contributed by atoms with E-state index in [4.69, 9.17) is 4.98 Å². The van der Waals surface area contributed by atoms with E-state index >= 15 is 0 Å². The van der Waals surface area contributed by atoms with Gasteiger partial charge in [-0.3, -0.25) is 4.79 Å². The number of nitrogens with one attached hydrogen (secondary N) is 3. The second-order valence-electron chi connectivity index (χ2n) is 9.55. The van der Waals surface area contributed by atoms with Gasteiger partial charge in [0.15, 0.2) is 0 Å². The number of anilines is 2. The van der Waals surface area contributed by atoms with Crippen molar-refractivity contribution in [3.8, 4) is 11.4 Å². The summed E-state index contributed by atoms with van der Waals surface area (Å²) in [5.74, 6) is 0.551. The minimum absolute atomic E-state index is 0.0761. The fourth-order valence-electron chi connectivity index (χ4n) is 5.22. The highest BCUT2D eigenvalue weighted by atomic mass is 32.1. The zero-order chi connectivity index (χ0) is 23.2. The van der Waals surface area contributed by atoms with E-state index in [1.807, 2.05) is 17.5 Å². The summed E-state index contributed by atoms with van der Waals surface area (Å²) in [6.45, 7) is 4.08. The number of likely N-dealkylation sites (N-methyl/N-ethyl adjacent to an activating group) is 1. The fourth-order valence-corrected chi connectivity index (χ4v) is 6.08. The summed E-state index contributed by atoms with van der Waals surface area (Å²) in [6.07, 6.45) is 3.35. The third kappa shape index (κ3) is 3.87. The quantitative estimate of drug-likeness (QED) is 0.358. The lowest BCUT2D eigenvalue weighted by Crippen LogP contribution is -2.44. The van der Waals surface area contributed by atoms with Gasteiger partial charge in [-0.2, -0.15) is 0 Å². The van der Waals surface area contributed by atoms with Crippen molar-refractivity contribution >= 4 is 44.0 Å². The number of nitrogens with zero attached hydrogens (tertiary/aromatic N) is 3. The number of pyridine rings is 1. The maximum Gasteiger partial charge on any atom is 0.261 e. The molecule has 8 nitrogen and oxygen atoms in total. The van der Waals surface area contributed by atoms with Gasteiger partial charge in [-0.25, -0.2) is 4.98 Å². The molecule has 4 N–H and O–H groups in total. The summed E-state index contributed by atoms with van der Waals surface area (Å²) in [5.41, 5.74) is 4.81. The van der Waals surface area contributed by atoms with Crippen molar-refractivity contribution in [2.45, 2.75) is 37.8 Å². The monoisotopic (exact) mass is 478 g/mol. The van der Waals surface area contributed by atoms with Crippen molar-refractivity contribution in [3.05, 3.63) is 40.0 Å². The third-order valence-corrected chi connectivity index (χ3v) is 8.18. The number of piperazine rings is 1. The van der Waals surface area contributed by atoms with Crippen molar-refractivity contribution in [1.82, 2.24) is 19.9 Å². The molecule has 4 aromatic rings. The third-order valence-electron chi connectivity index (χ3n) is 7.25. The van der Waals surface area contributed by atoms with Crippen LogP contribution in [0.5, 0.6) is 0 Å². The average molecular weight is 479 g/mol. The van der Waals surface area contributed by atoms with Crippen molar-refractivity contribution in [2.24, 2.45) is 0 Å². The van der Waals surface area contributed by atoms with Crippen molar-refractivity contribution in [1.29, 1.82) is 0 Å². The molecule has 0 unspecified atom stereocenters. The standard InChI is InChI=1S/C25H30N6O2S/c1-30-9-11-31(12-10-30)15-6-7-16-19(14-15)28-24(27-16)21-22(26-17-4-2-3-5-20(17)32)23-18(8-13-34-23)29-25(21)33/h6-8,13-14,17,20,32H,2-5,9-12H2,1H3,(H,27,28)(H2,26,29,33)/t17-,20+/m0/s1. The molecular weight excluding hydrogens is 448 g/mol. The maximum absolute atomic E-state index is 13.3. The molecule has 1 aromatic carbocycles. The predicted octanol–water partition coefficient (Wildman–Crippen LogP) is 3.60. The molecule has 2 fully saturated rings.